The zero-order valence-electron chi connectivity index (χ0n) is 16.2. The lowest BCUT2D eigenvalue weighted by molar-refractivity contribution is 0.208. The normalized spacial score (nSPS) is 14.5. The molecule has 2 aromatic rings. The van der Waals surface area contributed by atoms with Gasteiger partial charge in [0, 0.05) is 43.5 Å². The lowest BCUT2D eigenvalue weighted by Crippen LogP contribution is -2.50. The van der Waals surface area contributed by atoms with Crippen molar-refractivity contribution in [3.63, 3.8) is 0 Å². The Labute approximate surface area is 165 Å². The number of amides is 2. The molecule has 0 unspecified atom stereocenters. The average Bonchev–Trinajstić information content (AvgIpc) is 2.74. The number of aromatic nitrogens is 1. The number of piperazine rings is 1. The summed E-state index contributed by atoms with van der Waals surface area (Å²) in [5, 5.41) is 21.3. The zero-order chi connectivity index (χ0) is 20.1. The van der Waals surface area contributed by atoms with Gasteiger partial charge in [0.15, 0.2) is 0 Å². The summed E-state index contributed by atoms with van der Waals surface area (Å²) in [5.74, 6) is 0.821. The van der Waals surface area contributed by atoms with E-state index in [2.05, 4.69) is 21.3 Å². The van der Waals surface area contributed by atoms with E-state index in [1.54, 1.807) is 17.2 Å². The van der Waals surface area contributed by atoms with Crippen molar-refractivity contribution in [3.05, 3.63) is 53.7 Å². The number of aliphatic hydroxyl groups is 1. The summed E-state index contributed by atoms with van der Waals surface area (Å²) in [7, 11) is 0. The van der Waals surface area contributed by atoms with E-state index in [1.165, 1.54) is 0 Å². The first kappa shape index (κ1) is 19.6. The maximum Gasteiger partial charge on any atom is 0.321 e. The minimum atomic E-state index is -0.307. The number of pyridine rings is 1. The van der Waals surface area contributed by atoms with Gasteiger partial charge in [-0.2, -0.15) is 5.26 Å². The van der Waals surface area contributed by atoms with Gasteiger partial charge in [-0.15, -0.1) is 0 Å². The number of aliphatic hydroxyl groups excluding tert-OH is 1. The molecule has 3 rings (SSSR count). The van der Waals surface area contributed by atoms with Gasteiger partial charge in [0.25, 0.3) is 0 Å². The first-order valence-electron chi connectivity index (χ1n) is 9.31. The summed E-state index contributed by atoms with van der Waals surface area (Å²) in [6, 6.07) is 13.1. The zero-order valence-corrected chi connectivity index (χ0v) is 16.2. The van der Waals surface area contributed by atoms with Crippen LogP contribution in [0.25, 0.3) is 0 Å². The maximum atomic E-state index is 12.5. The largest absolute Gasteiger partial charge is 0.395 e. The van der Waals surface area contributed by atoms with Crippen LogP contribution < -0.4 is 10.2 Å². The third-order valence-corrected chi connectivity index (χ3v) is 5.08. The predicted molar refractivity (Wildman–Crippen MR) is 108 cm³/mol. The van der Waals surface area contributed by atoms with Gasteiger partial charge in [0.2, 0.25) is 0 Å². The highest BCUT2D eigenvalue weighted by atomic mass is 16.3. The molecule has 28 heavy (non-hydrogen) atoms. The van der Waals surface area contributed by atoms with Crippen LogP contribution in [0.4, 0.5) is 16.3 Å². The average molecular weight is 379 g/mol. The van der Waals surface area contributed by atoms with E-state index in [-0.39, 0.29) is 18.1 Å². The van der Waals surface area contributed by atoms with Crippen LogP contribution in [0.1, 0.15) is 25.0 Å². The molecule has 2 amide bonds. The van der Waals surface area contributed by atoms with Crippen molar-refractivity contribution in [2.75, 3.05) is 43.0 Å². The van der Waals surface area contributed by atoms with E-state index in [0.29, 0.717) is 31.7 Å². The fourth-order valence-corrected chi connectivity index (χ4v) is 3.08. The number of nitriles is 1. The first-order valence-corrected chi connectivity index (χ1v) is 9.31. The molecule has 1 aliphatic heterocycles. The van der Waals surface area contributed by atoms with Crippen LogP contribution in [0.2, 0.25) is 0 Å². The number of carbonyl (C=O) groups excluding carboxylic acids is 1. The molecule has 0 aliphatic carbocycles. The number of nitrogens with zero attached hydrogens (tertiary/aromatic N) is 4. The number of benzene rings is 1. The van der Waals surface area contributed by atoms with Crippen LogP contribution in [0.5, 0.6) is 0 Å². The van der Waals surface area contributed by atoms with Crippen molar-refractivity contribution < 1.29 is 9.90 Å². The molecule has 2 heterocycles. The molecule has 1 fully saturated rings. The summed E-state index contributed by atoms with van der Waals surface area (Å²) in [4.78, 5) is 20.7. The molecule has 0 radical (unpaired) electrons. The second kappa shape index (κ2) is 8.28. The molecule has 1 saturated heterocycles. The summed E-state index contributed by atoms with van der Waals surface area (Å²) < 4.78 is 0. The molecule has 1 aromatic heterocycles. The van der Waals surface area contributed by atoms with E-state index in [0.717, 1.165) is 17.1 Å². The highest BCUT2D eigenvalue weighted by molar-refractivity contribution is 5.89. The number of urea groups is 1. The SMILES string of the molecule is CC(C)(CO)c1ccc(NC(=O)N2CCN(c3ccc(C#N)cn3)CC2)cc1. The molecule has 146 valence electrons. The number of hydrogen-bond donors (Lipinski definition) is 2. The van der Waals surface area contributed by atoms with Crippen molar-refractivity contribution in [1.29, 1.82) is 5.26 Å². The Morgan fingerprint density at radius 3 is 2.39 bits per heavy atom. The Morgan fingerprint density at radius 1 is 1.18 bits per heavy atom. The number of anilines is 2. The third kappa shape index (κ3) is 4.41. The van der Waals surface area contributed by atoms with Gasteiger partial charge in [0.05, 0.1) is 12.2 Å². The van der Waals surface area contributed by atoms with E-state index in [9.17, 15) is 9.90 Å². The lowest BCUT2D eigenvalue weighted by Gasteiger charge is -2.35. The van der Waals surface area contributed by atoms with Crippen molar-refractivity contribution in [3.8, 4) is 6.07 Å². The highest BCUT2D eigenvalue weighted by Gasteiger charge is 2.23. The monoisotopic (exact) mass is 379 g/mol. The van der Waals surface area contributed by atoms with Crippen molar-refractivity contribution in [2.45, 2.75) is 19.3 Å². The summed E-state index contributed by atoms with van der Waals surface area (Å²) in [6.07, 6.45) is 1.57. The molecule has 0 bridgehead atoms. The molecular weight excluding hydrogens is 354 g/mol. The standard InChI is InChI=1S/C21H25N5O2/c1-21(2,15-27)17-4-6-18(7-5-17)24-20(28)26-11-9-25(10-12-26)19-8-3-16(13-22)14-23-19/h3-8,14,27H,9-12,15H2,1-2H3,(H,24,28). The van der Waals surface area contributed by atoms with Gasteiger partial charge < -0.3 is 20.2 Å². The molecular formula is C21H25N5O2. The van der Waals surface area contributed by atoms with E-state index in [4.69, 9.17) is 5.26 Å². The van der Waals surface area contributed by atoms with Gasteiger partial charge in [-0.25, -0.2) is 9.78 Å². The first-order chi connectivity index (χ1) is 13.4. The van der Waals surface area contributed by atoms with Gasteiger partial charge >= 0.3 is 6.03 Å². The quantitative estimate of drug-likeness (QED) is 0.852. The fourth-order valence-electron chi connectivity index (χ4n) is 3.08. The van der Waals surface area contributed by atoms with E-state index < -0.39 is 0 Å². The molecule has 0 atom stereocenters. The summed E-state index contributed by atoms with van der Waals surface area (Å²) in [6.45, 7) is 6.60. The number of carbonyl (C=O) groups is 1. The molecule has 2 N–H and O–H groups in total. The van der Waals surface area contributed by atoms with Crippen molar-refractivity contribution in [2.24, 2.45) is 0 Å². The second-order valence-electron chi connectivity index (χ2n) is 7.54. The number of rotatable bonds is 4. The Hall–Kier alpha value is -3.11. The number of nitrogens with one attached hydrogen (secondary N) is 1. The van der Waals surface area contributed by atoms with Crippen LogP contribution in [-0.2, 0) is 5.41 Å². The van der Waals surface area contributed by atoms with Gasteiger partial charge in [-0.1, -0.05) is 26.0 Å². The van der Waals surface area contributed by atoms with Gasteiger partial charge in [-0.3, -0.25) is 0 Å². The second-order valence-corrected chi connectivity index (χ2v) is 7.54. The Balaban J connectivity index is 1.54. The molecule has 0 spiro atoms. The van der Waals surface area contributed by atoms with E-state index in [1.807, 2.05) is 44.2 Å². The lowest BCUT2D eigenvalue weighted by atomic mass is 9.86. The molecule has 0 saturated carbocycles. The minimum absolute atomic E-state index is 0.0665. The van der Waals surface area contributed by atoms with Crippen molar-refractivity contribution in [1.82, 2.24) is 9.88 Å². The number of hydrogen-bond acceptors (Lipinski definition) is 5. The van der Waals surface area contributed by atoms with Gasteiger partial charge in [-0.05, 0) is 29.8 Å². The summed E-state index contributed by atoms with van der Waals surface area (Å²) >= 11 is 0. The molecule has 7 nitrogen and oxygen atoms in total. The topological polar surface area (TPSA) is 92.5 Å². The van der Waals surface area contributed by atoms with Gasteiger partial charge in [0.1, 0.15) is 11.9 Å². The van der Waals surface area contributed by atoms with Crippen LogP contribution in [0, 0.1) is 11.3 Å². The fraction of sp³-hybridized carbons (Fsp3) is 0.381. The van der Waals surface area contributed by atoms with Crippen LogP contribution in [-0.4, -0.2) is 53.8 Å². The molecule has 1 aromatic carbocycles. The minimum Gasteiger partial charge on any atom is -0.395 e. The Morgan fingerprint density at radius 2 is 1.86 bits per heavy atom. The third-order valence-electron chi connectivity index (χ3n) is 5.08. The molecule has 7 heteroatoms. The van der Waals surface area contributed by atoms with Crippen LogP contribution >= 0.6 is 0 Å². The maximum absolute atomic E-state index is 12.5. The Bertz CT molecular complexity index is 848. The van der Waals surface area contributed by atoms with Crippen LogP contribution in [0.3, 0.4) is 0 Å². The highest BCUT2D eigenvalue weighted by Crippen LogP contribution is 2.24. The molecule has 1 aliphatic rings. The Kier molecular flexibility index (Phi) is 5.81. The van der Waals surface area contributed by atoms with E-state index >= 15 is 0 Å². The van der Waals surface area contributed by atoms with Crippen molar-refractivity contribution >= 4 is 17.5 Å². The summed E-state index contributed by atoms with van der Waals surface area (Å²) in [5.41, 5.74) is 1.99. The smallest absolute Gasteiger partial charge is 0.321 e. The predicted octanol–water partition coefficient (Wildman–Crippen LogP) is 2.58. The van der Waals surface area contributed by atoms with Crippen LogP contribution in [0.15, 0.2) is 42.6 Å².